The third-order valence-electron chi connectivity index (χ3n) is 2.82. The molecule has 0 amide bonds. The lowest BCUT2D eigenvalue weighted by Crippen LogP contribution is -2.33. The fourth-order valence-electron chi connectivity index (χ4n) is 1.92. The van der Waals surface area contributed by atoms with Gasteiger partial charge in [-0.1, -0.05) is 0 Å². The van der Waals surface area contributed by atoms with Gasteiger partial charge in [0.25, 0.3) is 0 Å². The van der Waals surface area contributed by atoms with Crippen LogP contribution in [0, 0.1) is 0 Å². The molecule has 1 aromatic heterocycles. The number of aromatic nitrogens is 2. The summed E-state index contributed by atoms with van der Waals surface area (Å²) in [5, 5.41) is 0. The van der Waals surface area contributed by atoms with E-state index in [1.807, 2.05) is 7.05 Å². The molecule has 1 aliphatic rings. The number of nitrogens with two attached hydrogens (primary N) is 1. The molecule has 0 saturated carbocycles. The Morgan fingerprint density at radius 3 is 3.06 bits per heavy atom. The molecule has 2 heterocycles. The Kier molecular flexibility index (Phi) is 3.56. The van der Waals surface area contributed by atoms with E-state index in [4.69, 9.17) is 10.5 Å². The molecule has 16 heavy (non-hydrogen) atoms. The Morgan fingerprint density at radius 1 is 1.50 bits per heavy atom. The number of ether oxygens (including phenoxy) is 1. The topological polar surface area (TPSA) is 64.3 Å². The molecule has 0 radical (unpaired) electrons. The average Bonchev–Trinajstić information content (AvgIpc) is 2.30. The van der Waals surface area contributed by atoms with Gasteiger partial charge >= 0.3 is 0 Å². The molecule has 1 saturated heterocycles. The van der Waals surface area contributed by atoms with Crippen LogP contribution in [0.4, 0.5) is 11.6 Å². The Morgan fingerprint density at radius 2 is 2.38 bits per heavy atom. The zero-order valence-electron chi connectivity index (χ0n) is 9.59. The van der Waals surface area contributed by atoms with Gasteiger partial charge in [0, 0.05) is 26.3 Å². The van der Waals surface area contributed by atoms with Crippen LogP contribution in [0.1, 0.15) is 19.3 Å². The van der Waals surface area contributed by atoms with E-state index in [0.717, 1.165) is 25.4 Å². The second-order valence-electron chi connectivity index (χ2n) is 4.17. The molecule has 0 spiro atoms. The lowest BCUT2D eigenvalue weighted by molar-refractivity contribution is 0.0215. The van der Waals surface area contributed by atoms with Gasteiger partial charge in [0.15, 0.2) is 0 Å². The molecule has 2 N–H and O–H groups in total. The van der Waals surface area contributed by atoms with E-state index >= 15 is 0 Å². The van der Waals surface area contributed by atoms with E-state index in [0.29, 0.717) is 11.9 Å². The van der Waals surface area contributed by atoms with Crippen molar-refractivity contribution in [2.24, 2.45) is 0 Å². The third kappa shape index (κ3) is 2.82. The fourth-order valence-corrected chi connectivity index (χ4v) is 1.92. The fraction of sp³-hybridized carbons (Fsp3) is 0.636. The molecule has 5 nitrogen and oxygen atoms in total. The predicted molar refractivity (Wildman–Crippen MR) is 63.3 cm³/mol. The maximum atomic E-state index is 5.68. The number of rotatable bonds is 3. The van der Waals surface area contributed by atoms with Crippen LogP contribution in [0.15, 0.2) is 12.4 Å². The van der Waals surface area contributed by atoms with Gasteiger partial charge in [-0.3, -0.25) is 0 Å². The van der Waals surface area contributed by atoms with Gasteiger partial charge in [0.05, 0.1) is 6.10 Å². The largest absolute Gasteiger partial charge is 0.384 e. The quantitative estimate of drug-likeness (QED) is 0.828. The number of nitrogen functional groups attached to an aromatic ring is 1. The van der Waals surface area contributed by atoms with E-state index in [9.17, 15) is 0 Å². The molecule has 1 aromatic rings. The molecule has 1 aliphatic heterocycles. The first-order chi connectivity index (χ1) is 7.75. The SMILES string of the molecule is CN(CC1CCCCO1)c1cc(N)ncn1. The predicted octanol–water partition coefficient (Wildman–Crippen LogP) is 1.06. The summed E-state index contributed by atoms with van der Waals surface area (Å²) in [5.41, 5.74) is 5.62. The Bertz CT molecular complexity index is 339. The first kappa shape index (κ1) is 11.1. The van der Waals surface area contributed by atoms with Gasteiger partial charge in [-0.25, -0.2) is 9.97 Å². The van der Waals surface area contributed by atoms with Crippen molar-refractivity contribution in [3.63, 3.8) is 0 Å². The van der Waals surface area contributed by atoms with E-state index < -0.39 is 0 Å². The van der Waals surface area contributed by atoms with Gasteiger partial charge in [0.1, 0.15) is 18.0 Å². The highest BCUT2D eigenvalue weighted by atomic mass is 16.5. The number of hydrogen-bond acceptors (Lipinski definition) is 5. The monoisotopic (exact) mass is 222 g/mol. The molecule has 1 atom stereocenters. The van der Waals surface area contributed by atoms with E-state index in [1.165, 1.54) is 19.2 Å². The summed E-state index contributed by atoms with van der Waals surface area (Å²) in [6.07, 6.45) is 5.37. The summed E-state index contributed by atoms with van der Waals surface area (Å²) >= 11 is 0. The van der Waals surface area contributed by atoms with Gasteiger partial charge in [0.2, 0.25) is 0 Å². The maximum Gasteiger partial charge on any atom is 0.133 e. The van der Waals surface area contributed by atoms with Gasteiger partial charge in [-0.05, 0) is 19.3 Å². The lowest BCUT2D eigenvalue weighted by atomic mass is 10.1. The Hall–Kier alpha value is -1.36. The van der Waals surface area contributed by atoms with Crippen molar-refractivity contribution in [2.75, 3.05) is 30.8 Å². The third-order valence-corrected chi connectivity index (χ3v) is 2.82. The molecule has 1 fully saturated rings. The van der Waals surface area contributed by atoms with Gasteiger partial charge in [-0.15, -0.1) is 0 Å². The van der Waals surface area contributed by atoms with Crippen molar-refractivity contribution in [3.8, 4) is 0 Å². The molecule has 5 heteroatoms. The van der Waals surface area contributed by atoms with E-state index in [1.54, 1.807) is 6.07 Å². The Labute approximate surface area is 95.6 Å². The van der Waals surface area contributed by atoms with Crippen LogP contribution in [0.25, 0.3) is 0 Å². The summed E-state index contributed by atoms with van der Waals surface area (Å²) in [4.78, 5) is 10.1. The lowest BCUT2D eigenvalue weighted by Gasteiger charge is -2.27. The number of anilines is 2. The van der Waals surface area contributed by atoms with Crippen LogP contribution < -0.4 is 10.6 Å². The van der Waals surface area contributed by atoms with E-state index in [-0.39, 0.29) is 0 Å². The first-order valence-electron chi connectivity index (χ1n) is 5.66. The number of nitrogens with zero attached hydrogens (tertiary/aromatic N) is 3. The zero-order valence-corrected chi connectivity index (χ0v) is 9.59. The van der Waals surface area contributed by atoms with Crippen LogP contribution >= 0.6 is 0 Å². The molecular weight excluding hydrogens is 204 g/mol. The summed E-state index contributed by atoms with van der Waals surface area (Å²) in [7, 11) is 2.00. The molecule has 0 aromatic carbocycles. The van der Waals surface area contributed by atoms with Gasteiger partial charge < -0.3 is 15.4 Å². The highest BCUT2D eigenvalue weighted by molar-refractivity contribution is 5.45. The van der Waals surface area contributed by atoms with Crippen molar-refractivity contribution in [1.29, 1.82) is 0 Å². The molecule has 88 valence electrons. The van der Waals surface area contributed by atoms with Crippen molar-refractivity contribution >= 4 is 11.6 Å². The van der Waals surface area contributed by atoms with Crippen molar-refractivity contribution in [3.05, 3.63) is 12.4 Å². The number of hydrogen-bond donors (Lipinski definition) is 1. The molecule has 0 aliphatic carbocycles. The minimum absolute atomic E-state index is 0.315. The summed E-state index contributed by atoms with van der Waals surface area (Å²) < 4.78 is 5.68. The van der Waals surface area contributed by atoms with Gasteiger partial charge in [-0.2, -0.15) is 0 Å². The summed E-state index contributed by atoms with van der Waals surface area (Å²) in [6.45, 7) is 1.74. The van der Waals surface area contributed by atoms with Crippen molar-refractivity contribution in [1.82, 2.24) is 9.97 Å². The normalized spacial score (nSPS) is 20.7. The molecule has 0 bridgehead atoms. The summed E-state index contributed by atoms with van der Waals surface area (Å²) in [5.74, 6) is 1.35. The number of likely N-dealkylation sites (N-methyl/N-ethyl adjacent to an activating group) is 1. The van der Waals surface area contributed by atoms with Crippen LogP contribution in [0.3, 0.4) is 0 Å². The van der Waals surface area contributed by atoms with Crippen molar-refractivity contribution in [2.45, 2.75) is 25.4 Å². The molecular formula is C11H18N4O. The highest BCUT2D eigenvalue weighted by Gasteiger charge is 2.16. The zero-order chi connectivity index (χ0) is 11.4. The molecule has 2 rings (SSSR count). The minimum atomic E-state index is 0.315. The van der Waals surface area contributed by atoms with Crippen LogP contribution in [0.2, 0.25) is 0 Å². The average molecular weight is 222 g/mol. The van der Waals surface area contributed by atoms with Crippen molar-refractivity contribution < 1.29 is 4.74 Å². The van der Waals surface area contributed by atoms with Crippen LogP contribution in [0.5, 0.6) is 0 Å². The first-order valence-corrected chi connectivity index (χ1v) is 5.66. The summed E-state index contributed by atoms with van der Waals surface area (Å²) in [6, 6.07) is 1.78. The van der Waals surface area contributed by atoms with Crippen LogP contribution in [-0.2, 0) is 4.74 Å². The van der Waals surface area contributed by atoms with Crippen LogP contribution in [-0.4, -0.2) is 36.3 Å². The van der Waals surface area contributed by atoms with E-state index in [2.05, 4.69) is 14.9 Å². The maximum absolute atomic E-state index is 5.68. The second-order valence-corrected chi connectivity index (χ2v) is 4.17. The minimum Gasteiger partial charge on any atom is -0.384 e. The second kappa shape index (κ2) is 5.12. The highest BCUT2D eigenvalue weighted by Crippen LogP contribution is 2.16. The Balaban J connectivity index is 1.94. The smallest absolute Gasteiger partial charge is 0.133 e. The standard InChI is InChI=1S/C11H18N4O/c1-15(7-9-4-2-3-5-16-9)11-6-10(12)13-8-14-11/h6,8-9H,2-5,7H2,1H3,(H2,12,13,14). The molecule has 1 unspecified atom stereocenters.